The molecule has 164 valence electrons. The molecule has 0 fully saturated rings. The van der Waals surface area contributed by atoms with Gasteiger partial charge >= 0.3 is 0 Å². The average molecular weight is 438 g/mol. The van der Waals surface area contributed by atoms with Crippen LogP contribution in [0, 0.1) is 0 Å². The molecule has 4 aromatic rings. The first-order valence-electron chi connectivity index (χ1n) is 10.6. The minimum Gasteiger partial charge on any atom is -0.350 e. The molecule has 8 heteroatoms. The number of hydrogen-bond acceptors (Lipinski definition) is 4. The third-order valence-corrected chi connectivity index (χ3v) is 5.71. The van der Waals surface area contributed by atoms with Gasteiger partial charge in [-0.2, -0.15) is 0 Å². The summed E-state index contributed by atoms with van der Waals surface area (Å²) in [5, 5.41) is 2.42. The summed E-state index contributed by atoms with van der Waals surface area (Å²) in [6, 6.07) is 16.3. The number of amides is 2. The monoisotopic (exact) mass is 438 g/mol. The number of carbonyl (C=O) groups excluding carboxylic acids is 2. The zero-order chi connectivity index (χ0) is 22.6. The minimum absolute atomic E-state index is 0.0282. The number of aromatic nitrogens is 4. The molecule has 33 heavy (non-hydrogen) atoms. The van der Waals surface area contributed by atoms with Gasteiger partial charge in [-0.15, -0.1) is 0 Å². The summed E-state index contributed by atoms with van der Waals surface area (Å²) in [7, 11) is 0. The number of nitrogens with zero attached hydrogens (tertiary/aromatic N) is 3. The second-order valence-electron chi connectivity index (χ2n) is 7.72. The summed E-state index contributed by atoms with van der Waals surface area (Å²) in [5.41, 5.74) is 6.22. The van der Waals surface area contributed by atoms with Crippen LogP contribution >= 0.6 is 0 Å². The molecule has 0 radical (unpaired) electrons. The fourth-order valence-corrected chi connectivity index (χ4v) is 3.98. The van der Waals surface area contributed by atoms with Crippen LogP contribution in [0.5, 0.6) is 0 Å². The summed E-state index contributed by atoms with van der Waals surface area (Å²) in [5.74, 6) is 0.537. The lowest BCUT2D eigenvalue weighted by Crippen LogP contribution is -2.38. The van der Waals surface area contributed by atoms with E-state index in [0.717, 1.165) is 33.6 Å². The summed E-state index contributed by atoms with van der Waals surface area (Å²) >= 11 is 0. The molecule has 1 aliphatic rings. The molecule has 0 spiro atoms. The van der Waals surface area contributed by atoms with Crippen LogP contribution in [0.2, 0.25) is 0 Å². The summed E-state index contributed by atoms with van der Waals surface area (Å²) in [4.78, 5) is 39.5. The van der Waals surface area contributed by atoms with E-state index in [2.05, 4.69) is 73.8 Å². The van der Waals surface area contributed by atoms with Crippen LogP contribution < -0.4 is 5.32 Å². The van der Waals surface area contributed by atoms with Crippen molar-refractivity contribution in [3.8, 4) is 33.6 Å². The van der Waals surface area contributed by atoms with Crippen molar-refractivity contribution in [2.75, 3.05) is 13.1 Å². The number of carbonyl (C=O) groups is 2. The van der Waals surface area contributed by atoms with Gasteiger partial charge in [-0.3, -0.25) is 9.59 Å². The SMILES string of the molecule is O=CNCC(=O)N1CC=CC1c1ncc(-c2ccc(-c3ccc(-c4cnc[nH]4)cc3)cc2)[nH]1. The molecule has 0 aliphatic carbocycles. The summed E-state index contributed by atoms with van der Waals surface area (Å²) in [6.45, 7) is 0.466. The van der Waals surface area contributed by atoms with E-state index in [0.29, 0.717) is 18.8 Å². The van der Waals surface area contributed by atoms with Crippen molar-refractivity contribution in [2.24, 2.45) is 0 Å². The highest BCUT2D eigenvalue weighted by Crippen LogP contribution is 2.29. The normalized spacial score (nSPS) is 15.0. The lowest BCUT2D eigenvalue weighted by Gasteiger charge is -2.22. The van der Waals surface area contributed by atoms with Gasteiger partial charge < -0.3 is 20.2 Å². The first-order valence-corrected chi connectivity index (χ1v) is 10.6. The Morgan fingerprint density at radius 2 is 1.67 bits per heavy atom. The van der Waals surface area contributed by atoms with Gasteiger partial charge in [0.05, 0.1) is 36.7 Å². The molecule has 0 saturated heterocycles. The maximum atomic E-state index is 12.3. The molecule has 8 nitrogen and oxygen atoms in total. The molecule has 5 rings (SSSR count). The van der Waals surface area contributed by atoms with E-state index in [4.69, 9.17) is 0 Å². The van der Waals surface area contributed by atoms with Gasteiger partial charge in [0.25, 0.3) is 0 Å². The van der Waals surface area contributed by atoms with Crippen LogP contribution in [0.25, 0.3) is 33.6 Å². The van der Waals surface area contributed by atoms with Crippen LogP contribution in [0.3, 0.4) is 0 Å². The Morgan fingerprint density at radius 1 is 1.00 bits per heavy atom. The van der Waals surface area contributed by atoms with E-state index < -0.39 is 0 Å². The Labute approximate surface area is 190 Å². The smallest absolute Gasteiger partial charge is 0.243 e. The van der Waals surface area contributed by atoms with Crippen molar-refractivity contribution in [3.63, 3.8) is 0 Å². The summed E-state index contributed by atoms with van der Waals surface area (Å²) < 4.78 is 0. The average Bonchev–Trinajstić information content (AvgIpc) is 3.63. The van der Waals surface area contributed by atoms with E-state index in [9.17, 15) is 9.59 Å². The Balaban J connectivity index is 1.31. The number of nitrogens with one attached hydrogen (secondary N) is 3. The van der Waals surface area contributed by atoms with Crippen molar-refractivity contribution >= 4 is 12.3 Å². The van der Waals surface area contributed by atoms with Crippen molar-refractivity contribution < 1.29 is 9.59 Å². The fraction of sp³-hybridized carbons (Fsp3) is 0.120. The lowest BCUT2D eigenvalue weighted by molar-refractivity contribution is -0.131. The third-order valence-electron chi connectivity index (χ3n) is 5.71. The van der Waals surface area contributed by atoms with Crippen molar-refractivity contribution in [3.05, 3.63) is 85.2 Å². The van der Waals surface area contributed by atoms with Gasteiger partial charge in [-0.1, -0.05) is 60.7 Å². The summed E-state index contributed by atoms with van der Waals surface area (Å²) in [6.07, 6.45) is 9.66. The first-order chi connectivity index (χ1) is 16.2. The Morgan fingerprint density at radius 3 is 2.30 bits per heavy atom. The molecule has 2 amide bonds. The van der Waals surface area contributed by atoms with Crippen LogP contribution in [0.4, 0.5) is 0 Å². The molecule has 0 saturated carbocycles. The quantitative estimate of drug-likeness (QED) is 0.304. The molecule has 2 aromatic heterocycles. The van der Waals surface area contributed by atoms with E-state index in [1.165, 1.54) is 0 Å². The van der Waals surface area contributed by atoms with E-state index >= 15 is 0 Å². The molecule has 1 atom stereocenters. The Bertz CT molecular complexity index is 1270. The highest BCUT2D eigenvalue weighted by Gasteiger charge is 2.28. The largest absolute Gasteiger partial charge is 0.350 e. The molecule has 1 unspecified atom stereocenters. The number of rotatable bonds is 7. The molecule has 3 N–H and O–H groups in total. The topological polar surface area (TPSA) is 107 Å². The lowest BCUT2D eigenvalue weighted by atomic mass is 10.0. The third kappa shape index (κ3) is 4.18. The van der Waals surface area contributed by atoms with E-state index in [1.807, 2.05) is 12.2 Å². The van der Waals surface area contributed by atoms with Crippen LogP contribution in [-0.2, 0) is 9.59 Å². The standard InChI is InChI=1S/C25H22N6O2/c32-16-27-14-24(33)31-11-1-2-23(31)25-28-13-22(30-25)20-9-5-18(6-10-20)17-3-7-19(8-4-17)21-12-26-15-29-21/h1-10,12-13,15-16,23H,11,14H2,(H,26,29)(H,27,32)(H,28,30). The number of aromatic amines is 2. The minimum atomic E-state index is -0.271. The van der Waals surface area contributed by atoms with Crippen LogP contribution in [-0.4, -0.2) is 50.2 Å². The predicted molar refractivity (Wildman–Crippen MR) is 125 cm³/mol. The zero-order valence-electron chi connectivity index (χ0n) is 17.7. The van der Waals surface area contributed by atoms with Gasteiger partial charge in [0.1, 0.15) is 11.9 Å². The van der Waals surface area contributed by atoms with Gasteiger partial charge in [0.15, 0.2) is 0 Å². The van der Waals surface area contributed by atoms with E-state index in [1.54, 1.807) is 23.6 Å². The zero-order valence-corrected chi connectivity index (χ0v) is 17.7. The van der Waals surface area contributed by atoms with Gasteiger partial charge in [0.2, 0.25) is 12.3 Å². The van der Waals surface area contributed by atoms with E-state index in [-0.39, 0.29) is 18.5 Å². The fourth-order valence-electron chi connectivity index (χ4n) is 3.98. The molecular weight excluding hydrogens is 416 g/mol. The van der Waals surface area contributed by atoms with Crippen LogP contribution in [0.15, 0.2) is 79.4 Å². The first kappa shape index (κ1) is 20.4. The number of hydrogen-bond donors (Lipinski definition) is 3. The highest BCUT2D eigenvalue weighted by molar-refractivity contribution is 5.81. The highest BCUT2D eigenvalue weighted by atomic mass is 16.2. The second-order valence-corrected chi connectivity index (χ2v) is 7.72. The molecule has 0 bridgehead atoms. The van der Waals surface area contributed by atoms with Crippen LogP contribution in [0.1, 0.15) is 11.9 Å². The van der Waals surface area contributed by atoms with Crippen molar-refractivity contribution in [2.45, 2.75) is 6.04 Å². The number of H-pyrrole nitrogens is 2. The number of imidazole rings is 2. The maximum absolute atomic E-state index is 12.3. The number of benzene rings is 2. The Hall–Kier alpha value is -4.46. The molecule has 1 aliphatic heterocycles. The maximum Gasteiger partial charge on any atom is 0.243 e. The Kier molecular flexibility index (Phi) is 5.55. The van der Waals surface area contributed by atoms with Crippen molar-refractivity contribution in [1.82, 2.24) is 30.2 Å². The van der Waals surface area contributed by atoms with Gasteiger partial charge in [0, 0.05) is 6.54 Å². The molecule has 2 aromatic carbocycles. The van der Waals surface area contributed by atoms with Gasteiger partial charge in [-0.25, -0.2) is 9.97 Å². The molecule has 3 heterocycles. The van der Waals surface area contributed by atoms with Gasteiger partial charge in [-0.05, 0) is 22.3 Å². The van der Waals surface area contributed by atoms with Crippen molar-refractivity contribution in [1.29, 1.82) is 0 Å². The molecular formula is C25H22N6O2. The predicted octanol–water partition coefficient (Wildman–Crippen LogP) is 3.32. The second kappa shape index (κ2) is 8.96.